The van der Waals surface area contributed by atoms with Gasteiger partial charge in [0.15, 0.2) is 6.04 Å². The zero-order chi connectivity index (χ0) is 19.6. The molecule has 0 aromatic carbocycles. The fourth-order valence-electron chi connectivity index (χ4n) is 5.08. The van der Waals surface area contributed by atoms with Crippen molar-refractivity contribution in [3.8, 4) is 0 Å². The quantitative estimate of drug-likeness (QED) is 0.779. The third kappa shape index (κ3) is 4.10. The highest BCUT2D eigenvalue weighted by Gasteiger charge is 2.38. The molecule has 0 amide bonds. The molecule has 2 fully saturated rings. The van der Waals surface area contributed by atoms with Crippen LogP contribution in [0.25, 0.3) is 0 Å². The Morgan fingerprint density at radius 3 is 2.32 bits per heavy atom. The van der Waals surface area contributed by atoms with E-state index in [1.54, 1.807) is 4.90 Å². The monoisotopic (exact) mass is 385 g/mol. The summed E-state index contributed by atoms with van der Waals surface area (Å²) >= 11 is 0. The molecule has 3 heterocycles. The molecule has 1 aliphatic carbocycles. The van der Waals surface area contributed by atoms with Crippen LogP contribution in [0.15, 0.2) is 24.5 Å². The van der Waals surface area contributed by atoms with Gasteiger partial charge in [-0.05, 0) is 69.0 Å². The van der Waals surface area contributed by atoms with Gasteiger partial charge in [-0.15, -0.1) is 5.10 Å². The maximum absolute atomic E-state index is 4.50. The van der Waals surface area contributed by atoms with Crippen molar-refractivity contribution in [1.29, 1.82) is 0 Å². The van der Waals surface area contributed by atoms with Crippen molar-refractivity contribution in [3.63, 3.8) is 0 Å². The van der Waals surface area contributed by atoms with Crippen LogP contribution in [0, 0.1) is 0 Å². The Morgan fingerprint density at radius 2 is 1.68 bits per heavy atom. The fourth-order valence-corrected chi connectivity index (χ4v) is 5.08. The number of piperazine rings is 1. The molecule has 2 aromatic heterocycles. The van der Waals surface area contributed by atoms with Crippen molar-refractivity contribution >= 4 is 0 Å². The second kappa shape index (κ2) is 8.25. The number of quaternary nitrogens is 2. The van der Waals surface area contributed by atoms with Crippen LogP contribution in [0.2, 0.25) is 0 Å². The maximum atomic E-state index is 4.50. The molecule has 4 rings (SSSR count). The van der Waals surface area contributed by atoms with E-state index in [0.717, 1.165) is 25.0 Å². The molecule has 0 bridgehead atoms. The van der Waals surface area contributed by atoms with Gasteiger partial charge in [-0.1, -0.05) is 6.42 Å². The molecule has 0 radical (unpaired) electrons. The number of aromatic nitrogens is 5. The SMILES string of the molecule is CC(C)(C)n1nnnc1[C@H](c1ccncc1)[NH+]1CC[NH+](C2CCCCC2)CC1. The summed E-state index contributed by atoms with van der Waals surface area (Å²) in [6.07, 6.45) is 10.9. The molecule has 1 aliphatic heterocycles. The van der Waals surface area contributed by atoms with E-state index < -0.39 is 0 Å². The van der Waals surface area contributed by atoms with E-state index >= 15 is 0 Å². The first kappa shape index (κ1) is 19.5. The minimum Gasteiger partial charge on any atom is -0.323 e. The average molecular weight is 386 g/mol. The first-order valence-corrected chi connectivity index (χ1v) is 10.9. The lowest BCUT2D eigenvalue weighted by molar-refractivity contribution is -1.03. The first-order chi connectivity index (χ1) is 13.5. The van der Waals surface area contributed by atoms with E-state index in [-0.39, 0.29) is 11.6 Å². The molecule has 7 nitrogen and oxygen atoms in total. The molecular formula is C21H35N7+2. The topological polar surface area (TPSA) is 65.4 Å². The standard InChI is InChI=1S/C21H33N7/c1-21(2,3)28-20(23-24-25-28)19(17-9-11-22-12-10-17)27-15-13-26(14-16-27)18-7-5-4-6-8-18/h9-12,18-19H,4-8,13-16H2,1-3H3/p+2/t19-/m0/s1. The van der Waals surface area contributed by atoms with E-state index in [1.165, 1.54) is 50.8 Å². The Bertz CT molecular complexity index is 738. The predicted octanol–water partition coefficient (Wildman–Crippen LogP) is 0.0286. The minimum absolute atomic E-state index is 0.140. The van der Waals surface area contributed by atoms with Gasteiger partial charge < -0.3 is 9.80 Å². The van der Waals surface area contributed by atoms with Gasteiger partial charge in [0.25, 0.3) is 0 Å². The van der Waals surface area contributed by atoms with E-state index in [4.69, 9.17) is 0 Å². The van der Waals surface area contributed by atoms with Gasteiger partial charge in [0, 0.05) is 18.0 Å². The third-order valence-electron chi connectivity index (χ3n) is 6.55. The van der Waals surface area contributed by atoms with Crippen molar-refractivity contribution < 1.29 is 9.80 Å². The zero-order valence-electron chi connectivity index (χ0n) is 17.6. The largest absolute Gasteiger partial charge is 0.323 e. The molecule has 2 N–H and O–H groups in total. The molecule has 1 saturated carbocycles. The summed E-state index contributed by atoms with van der Waals surface area (Å²) in [5, 5.41) is 12.9. The number of tetrazole rings is 1. The van der Waals surface area contributed by atoms with Crippen LogP contribution in [0.4, 0.5) is 0 Å². The van der Waals surface area contributed by atoms with Gasteiger partial charge >= 0.3 is 0 Å². The summed E-state index contributed by atoms with van der Waals surface area (Å²) < 4.78 is 2.01. The summed E-state index contributed by atoms with van der Waals surface area (Å²) in [5.74, 6) is 0.967. The van der Waals surface area contributed by atoms with Gasteiger partial charge in [0.1, 0.15) is 26.2 Å². The van der Waals surface area contributed by atoms with Gasteiger partial charge in [0.2, 0.25) is 5.82 Å². The minimum atomic E-state index is -0.140. The van der Waals surface area contributed by atoms with Crippen LogP contribution in [-0.2, 0) is 5.54 Å². The van der Waals surface area contributed by atoms with Crippen LogP contribution in [0.1, 0.15) is 70.3 Å². The number of rotatable bonds is 4. The molecule has 0 spiro atoms. The summed E-state index contributed by atoms with van der Waals surface area (Å²) in [5.41, 5.74) is 1.12. The third-order valence-corrected chi connectivity index (χ3v) is 6.55. The molecule has 1 atom stereocenters. The van der Waals surface area contributed by atoms with Gasteiger partial charge in [-0.3, -0.25) is 4.98 Å². The second-order valence-electron chi connectivity index (χ2n) is 9.48. The van der Waals surface area contributed by atoms with Crippen molar-refractivity contribution in [1.82, 2.24) is 25.2 Å². The molecule has 0 unspecified atom stereocenters. The van der Waals surface area contributed by atoms with Crippen molar-refractivity contribution in [2.75, 3.05) is 26.2 Å². The van der Waals surface area contributed by atoms with E-state index in [1.807, 2.05) is 22.0 Å². The average Bonchev–Trinajstić information content (AvgIpc) is 3.20. The van der Waals surface area contributed by atoms with Gasteiger partial charge in [-0.25, -0.2) is 4.68 Å². The first-order valence-electron chi connectivity index (χ1n) is 10.9. The van der Waals surface area contributed by atoms with E-state index in [2.05, 4.69) is 53.4 Å². The maximum Gasteiger partial charge on any atom is 0.214 e. The highest BCUT2D eigenvalue weighted by molar-refractivity contribution is 5.19. The van der Waals surface area contributed by atoms with Crippen molar-refractivity contribution in [2.24, 2.45) is 0 Å². The highest BCUT2D eigenvalue weighted by atomic mass is 15.6. The van der Waals surface area contributed by atoms with E-state index in [0.29, 0.717) is 0 Å². The molecule has 152 valence electrons. The lowest BCUT2D eigenvalue weighted by atomic mass is 9.93. The molecule has 2 aromatic rings. The summed E-state index contributed by atoms with van der Waals surface area (Å²) in [6.45, 7) is 11.3. The number of nitrogens with zero attached hydrogens (tertiary/aromatic N) is 5. The van der Waals surface area contributed by atoms with Crippen LogP contribution < -0.4 is 9.80 Å². The predicted molar refractivity (Wildman–Crippen MR) is 107 cm³/mol. The Labute approximate surface area is 168 Å². The van der Waals surface area contributed by atoms with Crippen LogP contribution in [0.3, 0.4) is 0 Å². The molecule has 7 heteroatoms. The smallest absolute Gasteiger partial charge is 0.214 e. The van der Waals surface area contributed by atoms with Crippen LogP contribution in [0.5, 0.6) is 0 Å². The highest BCUT2D eigenvalue weighted by Crippen LogP contribution is 2.22. The molecule has 28 heavy (non-hydrogen) atoms. The Hall–Kier alpha value is -1.86. The summed E-state index contributed by atoms with van der Waals surface area (Å²) in [7, 11) is 0. The number of nitrogens with one attached hydrogen (secondary N) is 2. The summed E-state index contributed by atoms with van der Waals surface area (Å²) in [4.78, 5) is 7.63. The van der Waals surface area contributed by atoms with Crippen molar-refractivity contribution in [2.45, 2.75) is 70.5 Å². The van der Waals surface area contributed by atoms with E-state index in [9.17, 15) is 0 Å². The lowest BCUT2D eigenvalue weighted by Gasteiger charge is -2.38. The normalized spacial score (nSPS) is 25.5. The molecule has 1 saturated heterocycles. The fraction of sp³-hybridized carbons (Fsp3) is 0.714. The lowest BCUT2D eigenvalue weighted by Crippen LogP contribution is -3.29. The number of hydrogen-bond donors (Lipinski definition) is 2. The number of hydrogen-bond acceptors (Lipinski definition) is 4. The molecule has 2 aliphatic rings. The zero-order valence-corrected chi connectivity index (χ0v) is 17.6. The van der Waals surface area contributed by atoms with Gasteiger partial charge in [-0.2, -0.15) is 0 Å². The van der Waals surface area contributed by atoms with Crippen LogP contribution >= 0.6 is 0 Å². The Morgan fingerprint density at radius 1 is 1.00 bits per heavy atom. The van der Waals surface area contributed by atoms with Gasteiger partial charge in [0.05, 0.1) is 11.6 Å². The van der Waals surface area contributed by atoms with Crippen LogP contribution in [-0.4, -0.2) is 57.4 Å². The Balaban J connectivity index is 1.57. The second-order valence-corrected chi connectivity index (χ2v) is 9.48. The Kier molecular flexibility index (Phi) is 5.73. The summed E-state index contributed by atoms with van der Waals surface area (Å²) in [6, 6.07) is 5.29. The number of pyridine rings is 1. The van der Waals surface area contributed by atoms with Crippen molar-refractivity contribution in [3.05, 3.63) is 35.9 Å². The molecular weight excluding hydrogens is 350 g/mol.